The molecule has 0 saturated carbocycles. The number of urea groups is 1. The van der Waals surface area contributed by atoms with E-state index in [-0.39, 0.29) is 0 Å². The highest BCUT2D eigenvalue weighted by Crippen LogP contribution is 2.25. The van der Waals surface area contributed by atoms with E-state index in [1.54, 1.807) is 29.1 Å². The van der Waals surface area contributed by atoms with Gasteiger partial charge in [0, 0.05) is 17.2 Å². The molecule has 2 aromatic rings. The molecule has 2 amide bonds. The molecule has 1 aromatic heterocycles. The van der Waals surface area contributed by atoms with Gasteiger partial charge in [0.05, 0.1) is 35.2 Å². The van der Waals surface area contributed by atoms with Gasteiger partial charge in [-0.1, -0.05) is 27.5 Å². The molecule has 2 rings (SSSR count). The van der Waals surface area contributed by atoms with Crippen LogP contribution in [0.5, 0.6) is 0 Å². The third-order valence-electron chi connectivity index (χ3n) is 3.04. The maximum atomic E-state index is 12.0. The lowest BCUT2D eigenvalue weighted by Crippen LogP contribution is -2.29. The Kier molecular flexibility index (Phi) is 6.61. The summed E-state index contributed by atoms with van der Waals surface area (Å²) in [5.74, 6) is 0. The average molecular weight is 417 g/mol. The number of aromatic nitrogens is 2. The minimum atomic E-state index is -0.539. The summed E-state index contributed by atoms with van der Waals surface area (Å²) in [6.45, 7) is 0.880. The maximum absolute atomic E-state index is 12.0. The SMILES string of the molecule is CN(C)CC(O)Cn1cc(NC(=O)Nc2ccc(Br)cc2Cl)cn1. The zero-order valence-electron chi connectivity index (χ0n) is 13.3. The summed E-state index contributed by atoms with van der Waals surface area (Å²) in [7, 11) is 3.77. The summed E-state index contributed by atoms with van der Waals surface area (Å²) in [6.07, 6.45) is 2.63. The lowest BCUT2D eigenvalue weighted by atomic mass is 10.3. The number of aliphatic hydroxyl groups is 1. The second kappa shape index (κ2) is 8.48. The first-order chi connectivity index (χ1) is 11.3. The van der Waals surface area contributed by atoms with Crippen LogP contribution in [-0.2, 0) is 6.54 Å². The van der Waals surface area contributed by atoms with E-state index in [2.05, 4.69) is 31.7 Å². The highest BCUT2D eigenvalue weighted by molar-refractivity contribution is 9.10. The molecular weight excluding hydrogens is 398 g/mol. The summed E-state index contributed by atoms with van der Waals surface area (Å²) in [5.41, 5.74) is 1.03. The van der Waals surface area contributed by atoms with Crippen LogP contribution in [0.1, 0.15) is 0 Å². The molecule has 0 aliphatic heterocycles. The number of hydrogen-bond acceptors (Lipinski definition) is 4. The lowest BCUT2D eigenvalue weighted by molar-refractivity contribution is 0.116. The van der Waals surface area contributed by atoms with Crippen LogP contribution in [0.3, 0.4) is 0 Å². The van der Waals surface area contributed by atoms with Gasteiger partial charge in [0.15, 0.2) is 0 Å². The molecule has 1 atom stereocenters. The second-order valence-electron chi connectivity index (χ2n) is 5.57. The number of hydrogen-bond donors (Lipinski definition) is 3. The van der Waals surface area contributed by atoms with Crippen LogP contribution in [0.4, 0.5) is 16.2 Å². The van der Waals surface area contributed by atoms with Crippen LogP contribution in [0, 0.1) is 0 Å². The topological polar surface area (TPSA) is 82.4 Å². The molecule has 7 nitrogen and oxygen atoms in total. The molecule has 1 unspecified atom stereocenters. The van der Waals surface area contributed by atoms with Gasteiger partial charge in [-0.2, -0.15) is 5.10 Å². The summed E-state index contributed by atoms with van der Waals surface area (Å²) in [6, 6.07) is 4.76. The summed E-state index contributed by atoms with van der Waals surface area (Å²) in [5, 5.41) is 19.8. The zero-order chi connectivity index (χ0) is 17.7. The molecule has 130 valence electrons. The largest absolute Gasteiger partial charge is 0.390 e. The molecule has 0 radical (unpaired) electrons. The van der Waals surface area contributed by atoms with E-state index in [0.29, 0.717) is 29.5 Å². The standard InChI is InChI=1S/C15H19BrClN5O2/c1-21(2)8-12(23)9-22-7-11(6-18-22)19-15(24)20-14-4-3-10(16)5-13(14)17/h3-7,12,23H,8-9H2,1-2H3,(H2,19,20,24). The molecule has 1 aromatic carbocycles. The van der Waals surface area contributed by atoms with E-state index in [1.807, 2.05) is 19.0 Å². The van der Waals surface area contributed by atoms with Crippen molar-refractivity contribution >= 4 is 44.9 Å². The zero-order valence-corrected chi connectivity index (χ0v) is 15.7. The van der Waals surface area contributed by atoms with Crippen LogP contribution in [0.2, 0.25) is 5.02 Å². The second-order valence-corrected chi connectivity index (χ2v) is 6.89. The van der Waals surface area contributed by atoms with Gasteiger partial charge < -0.3 is 20.6 Å². The smallest absolute Gasteiger partial charge is 0.323 e. The number of carbonyl (C=O) groups excluding carboxylic acids is 1. The van der Waals surface area contributed by atoms with E-state index in [1.165, 1.54) is 6.20 Å². The van der Waals surface area contributed by atoms with Gasteiger partial charge in [-0.25, -0.2) is 4.79 Å². The predicted molar refractivity (Wildman–Crippen MR) is 98.6 cm³/mol. The van der Waals surface area contributed by atoms with Crippen molar-refractivity contribution in [2.45, 2.75) is 12.6 Å². The summed E-state index contributed by atoms with van der Waals surface area (Å²) >= 11 is 9.36. The first-order valence-electron chi connectivity index (χ1n) is 7.22. The van der Waals surface area contributed by atoms with Crippen molar-refractivity contribution < 1.29 is 9.90 Å². The molecule has 0 aliphatic rings. The fraction of sp³-hybridized carbons (Fsp3) is 0.333. The van der Waals surface area contributed by atoms with Crippen LogP contribution in [-0.4, -0.2) is 52.6 Å². The van der Waals surface area contributed by atoms with Gasteiger partial charge in [-0.3, -0.25) is 4.68 Å². The number of carbonyl (C=O) groups is 1. The fourth-order valence-electron chi connectivity index (χ4n) is 2.10. The number of nitrogens with zero attached hydrogens (tertiary/aromatic N) is 3. The van der Waals surface area contributed by atoms with Gasteiger partial charge in [0.25, 0.3) is 0 Å². The van der Waals surface area contributed by atoms with Crippen molar-refractivity contribution in [1.29, 1.82) is 0 Å². The first-order valence-corrected chi connectivity index (χ1v) is 8.39. The summed E-state index contributed by atoms with van der Waals surface area (Å²) in [4.78, 5) is 13.9. The minimum absolute atomic E-state index is 0.347. The molecule has 9 heteroatoms. The van der Waals surface area contributed by atoms with Crippen molar-refractivity contribution in [3.05, 3.63) is 40.1 Å². The molecular formula is C15H19BrClN5O2. The van der Waals surface area contributed by atoms with Crippen molar-refractivity contribution in [2.24, 2.45) is 0 Å². The number of likely N-dealkylation sites (N-methyl/N-ethyl adjacent to an activating group) is 1. The monoisotopic (exact) mass is 415 g/mol. The lowest BCUT2D eigenvalue weighted by Gasteiger charge is -2.15. The normalized spacial score (nSPS) is 12.2. The third-order valence-corrected chi connectivity index (χ3v) is 3.85. The number of aliphatic hydroxyl groups excluding tert-OH is 1. The molecule has 24 heavy (non-hydrogen) atoms. The number of benzene rings is 1. The number of amides is 2. The number of nitrogens with one attached hydrogen (secondary N) is 2. The van der Waals surface area contributed by atoms with Crippen LogP contribution in [0.25, 0.3) is 0 Å². The van der Waals surface area contributed by atoms with Crippen molar-refractivity contribution in [1.82, 2.24) is 14.7 Å². The van der Waals surface area contributed by atoms with Crippen LogP contribution in [0.15, 0.2) is 35.1 Å². The first kappa shape index (κ1) is 18.7. The Morgan fingerprint density at radius 2 is 2.21 bits per heavy atom. The highest BCUT2D eigenvalue weighted by atomic mass is 79.9. The van der Waals surface area contributed by atoms with E-state index in [4.69, 9.17) is 11.6 Å². The molecule has 3 N–H and O–H groups in total. The Morgan fingerprint density at radius 1 is 1.46 bits per heavy atom. The predicted octanol–water partition coefficient (Wildman–Crippen LogP) is 2.87. The molecule has 0 bridgehead atoms. The van der Waals surface area contributed by atoms with Gasteiger partial charge in [0.1, 0.15) is 0 Å². The Hall–Kier alpha value is -1.61. The van der Waals surface area contributed by atoms with Crippen molar-refractivity contribution in [3.63, 3.8) is 0 Å². The minimum Gasteiger partial charge on any atom is -0.390 e. The molecule has 0 spiro atoms. The van der Waals surface area contributed by atoms with Crippen molar-refractivity contribution in [2.75, 3.05) is 31.3 Å². The highest BCUT2D eigenvalue weighted by Gasteiger charge is 2.10. The van der Waals surface area contributed by atoms with Crippen LogP contribution < -0.4 is 10.6 Å². The quantitative estimate of drug-likeness (QED) is 0.676. The van der Waals surface area contributed by atoms with E-state index in [0.717, 1.165) is 4.47 Å². The van der Waals surface area contributed by atoms with Gasteiger partial charge in [-0.15, -0.1) is 0 Å². The number of rotatable bonds is 6. The molecule has 0 aliphatic carbocycles. The Balaban J connectivity index is 1.90. The fourth-order valence-corrected chi connectivity index (χ4v) is 2.82. The average Bonchev–Trinajstić information content (AvgIpc) is 2.88. The van der Waals surface area contributed by atoms with Gasteiger partial charge in [-0.05, 0) is 32.3 Å². The molecule has 0 fully saturated rings. The Bertz CT molecular complexity index is 707. The van der Waals surface area contributed by atoms with E-state index < -0.39 is 12.1 Å². The Labute approximate surface area is 153 Å². The summed E-state index contributed by atoms with van der Waals surface area (Å²) < 4.78 is 2.41. The third kappa shape index (κ3) is 5.79. The molecule has 0 saturated heterocycles. The van der Waals surface area contributed by atoms with Crippen LogP contribution >= 0.6 is 27.5 Å². The Morgan fingerprint density at radius 3 is 2.88 bits per heavy atom. The van der Waals surface area contributed by atoms with E-state index in [9.17, 15) is 9.90 Å². The number of anilines is 2. The number of halogens is 2. The van der Waals surface area contributed by atoms with E-state index >= 15 is 0 Å². The molecule has 1 heterocycles. The van der Waals surface area contributed by atoms with Gasteiger partial charge in [0.2, 0.25) is 0 Å². The maximum Gasteiger partial charge on any atom is 0.323 e. The van der Waals surface area contributed by atoms with Crippen molar-refractivity contribution in [3.8, 4) is 0 Å². The van der Waals surface area contributed by atoms with Gasteiger partial charge >= 0.3 is 6.03 Å².